The van der Waals surface area contributed by atoms with Crippen LogP contribution >= 0.6 is 0 Å². The predicted octanol–water partition coefficient (Wildman–Crippen LogP) is 2.85. The van der Waals surface area contributed by atoms with E-state index in [1.54, 1.807) is 19.9 Å². The highest BCUT2D eigenvalue weighted by atomic mass is 16.3. The topological polar surface area (TPSA) is 37.3 Å². The van der Waals surface area contributed by atoms with Crippen LogP contribution in [0, 0.1) is 0 Å². The van der Waals surface area contributed by atoms with Crippen LogP contribution in [0.3, 0.4) is 0 Å². The smallest absolute Gasteiger partial charge is 0.155 e. The third-order valence-electron chi connectivity index (χ3n) is 2.01. The zero-order chi connectivity index (χ0) is 11.0. The van der Waals surface area contributed by atoms with Crippen LogP contribution in [-0.4, -0.2) is 16.5 Å². The van der Waals surface area contributed by atoms with Gasteiger partial charge in [-0.3, -0.25) is 4.79 Å². The highest BCUT2D eigenvalue weighted by molar-refractivity contribution is 5.89. The monoisotopic (exact) mass is 198 g/mol. The molecule has 0 aliphatic carbocycles. The fourth-order valence-electron chi connectivity index (χ4n) is 1.05. The second-order valence-corrected chi connectivity index (χ2v) is 4.32. The van der Waals surface area contributed by atoms with Gasteiger partial charge in [-0.15, -0.1) is 0 Å². The summed E-state index contributed by atoms with van der Waals surface area (Å²) < 4.78 is 0. The normalized spacial score (nSPS) is 12.3. The Morgan fingerprint density at radius 1 is 1.43 bits per heavy atom. The van der Waals surface area contributed by atoms with Crippen LogP contribution in [0.25, 0.3) is 0 Å². The van der Waals surface area contributed by atoms with Crippen molar-refractivity contribution >= 4 is 5.78 Å². The molecule has 0 unspecified atom stereocenters. The third-order valence-corrected chi connectivity index (χ3v) is 2.01. The maximum absolute atomic E-state index is 11.3. The van der Waals surface area contributed by atoms with Crippen LogP contribution in [0.1, 0.15) is 52.9 Å². The van der Waals surface area contributed by atoms with E-state index < -0.39 is 5.60 Å². The molecule has 1 N–H and O–H groups in total. The summed E-state index contributed by atoms with van der Waals surface area (Å²) >= 11 is 0. The van der Waals surface area contributed by atoms with Crippen molar-refractivity contribution in [3.05, 3.63) is 12.2 Å². The van der Waals surface area contributed by atoms with Crippen molar-refractivity contribution in [3.63, 3.8) is 0 Å². The number of carbonyl (C=O) groups excluding carboxylic acids is 1. The molecule has 0 spiro atoms. The molecule has 0 aromatic carbocycles. The van der Waals surface area contributed by atoms with E-state index in [1.165, 1.54) is 0 Å². The first-order valence-electron chi connectivity index (χ1n) is 5.37. The van der Waals surface area contributed by atoms with Crippen molar-refractivity contribution < 1.29 is 9.90 Å². The van der Waals surface area contributed by atoms with Crippen LogP contribution in [0.4, 0.5) is 0 Å². The minimum atomic E-state index is -0.729. The maximum Gasteiger partial charge on any atom is 0.155 e. The van der Waals surface area contributed by atoms with Crippen LogP contribution in [0.5, 0.6) is 0 Å². The van der Waals surface area contributed by atoms with E-state index in [9.17, 15) is 9.90 Å². The summed E-state index contributed by atoms with van der Waals surface area (Å²) in [5.41, 5.74) is -0.729. The molecule has 0 saturated carbocycles. The summed E-state index contributed by atoms with van der Waals surface area (Å²) in [7, 11) is 0. The number of unbranched alkanes of at least 4 members (excludes halogenated alkanes) is 2. The van der Waals surface area contributed by atoms with Crippen molar-refractivity contribution in [1.82, 2.24) is 0 Å². The van der Waals surface area contributed by atoms with E-state index in [-0.39, 0.29) is 5.78 Å². The van der Waals surface area contributed by atoms with Gasteiger partial charge in [0.05, 0.1) is 5.60 Å². The van der Waals surface area contributed by atoms with Crippen molar-refractivity contribution in [1.29, 1.82) is 0 Å². The highest BCUT2D eigenvalue weighted by Gasteiger charge is 2.13. The van der Waals surface area contributed by atoms with Gasteiger partial charge in [0.1, 0.15) is 0 Å². The number of aliphatic hydroxyl groups is 1. The average Bonchev–Trinajstić information content (AvgIpc) is 2.08. The Morgan fingerprint density at radius 2 is 2.07 bits per heavy atom. The summed E-state index contributed by atoms with van der Waals surface area (Å²) in [5.74, 6) is 0.114. The Morgan fingerprint density at radius 3 is 2.57 bits per heavy atom. The van der Waals surface area contributed by atoms with E-state index >= 15 is 0 Å². The second kappa shape index (κ2) is 6.77. The first-order valence-corrected chi connectivity index (χ1v) is 5.37. The molecule has 0 saturated heterocycles. The van der Waals surface area contributed by atoms with Crippen molar-refractivity contribution in [3.8, 4) is 0 Å². The second-order valence-electron chi connectivity index (χ2n) is 4.32. The molecule has 0 rings (SSSR count). The quantitative estimate of drug-likeness (QED) is 0.504. The maximum atomic E-state index is 11.3. The highest BCUT2D eigenvalue weighted by Crippen LogP contribution is 2.10. The molecule has 0 aliphatic heterocycles. The fraction of sp³-hybridized carbons (Fsp3) is 0.750. The van der Waals surface area contributed by atoms with Gasteiger partial charge in [0.15, 0.2) is 5.78 Å². The molecule has 0 amide bonds. The minimum absolute atomic E-state index is 0.114. The van der Waals surface area contributed by atoms with Crippen LogP contribution < -0.4 is 0 Å². The van der Waals surface area contributed by atoms with Gasteiger partial charge in [0.2, 0.25) is 0 Å². The number of rotatable bonds is 7. The predicted molar refractivity (Wildman–Crippen MR) is 59.2 cm³/mol. The molecule has 82 valence electrons. The summed E-state index contributed by atoms with van der Waals surface area (Å²) in [6.45, 7) is 5.58. The molecule has 0 bridgehead atoms. The number of hydrogen-bond acceptors (Lipinski definition) is 2. The van der Waals surface area contributed by atoms with Crippen molar-refractivity contribution in [2.24, 2.45) is 0 Å². The number of hydrogen-bond donors (Lipinski definition) is 1. The lowest BCUT2D eigenvalue weighted by Gasteiger charge is -2.15. The Bertz CT molecular complexity index is 187. The number of carbonyl (C=O) groups is 1. The van der Waals surface area contributed by atoms with Gasteiger partial charge in [-0.05, 0) is 32.8 Å². The molecule has 0 atom stereocenters. The molecule has 0 aliphatic rings. The molecule has 0 aromatic heterocycles. The standard InChI is InChI=1S/C12H22O2/c1-4-5-6-7-8-11(13)9-10-12(2,3)14/h7-8,14H,4-6,9-10H2,1-3H3/b8-7+. The van der Waals surface area contributed by atoms with Gasteiger partial charge in [-0.2, -0.15) is 0 Å². The largest absolute Gasteiger partial charge is 0.390 e. The van der Waals surface area contributed by atoms with Crippen molar-refractivity contribution in [2.45, 2.75) is 58.5 Å². The Labute approximate surface area is 87.0 Å². The van der Waals surface area contributed by atoms with Crippen molar-refractivity contribution in [2.75, 3.05) is 0 Å². The van der Waals surface area contributed by atoms with E-state index in [4.69, 9.17) is 0 Å². The summed E-state index contributed by atoms with van der Waals surface area (Å²) in [6.07, 6.45) is 7.80. The Balaban J connectivity index is 3.60. The lowest BCUT2D eigenvalue weighted by molar-refractivity contribution is -0.115. The Hall–Kier alpha value is -0.630. The zero-order valence-electron chi connectivity index (χ0n) is 9.55. The zero-order valence-corrected chi connectivity index (χ0v) is 9.55. The molecular formula is C12H22O2. The lowest BCUT2D eigenvalue weighted by Crippen LogP contribution is -2.19. The van der Waals surface area contributed by atoms with Gasteiger partial charge in [0, 0.05) is 6.42 Å². The summed E-state index contributed by atoms with van der Waals surface area (Å²) in [4.78, 5) is 11.3. The molecule has 2 heteroatoms. The number of allylic oxidation sites excluding steroid dienone is 2. The minimum Gasteiger partial charge on any atom is -0.390 e. The summed E-state index contributed by atoms with van der Waals surface area (Å²) in [6, 6.07) is 0. The van der Waals surface area contributed by atoms with Gasteiger partial charge in [-0.1, -0.05) is 25.8 Å². The van der Waals surface area contributed by atoms with Gasteiger partial charge in [-0.25, -0.2) is 0 Å². The van der Waals surface area contributed by atoms with E-state index in [2.05, 4.69) is 6.92 Å². The summed E-state index contributed by atoms with van der Waals surface area (Å²) in [5, 5.41) is 9.40. The van der Waals surface area contributed by atoms with Crippen LogP contribution in [-0.2, 0) is 4.79 Å². The van der Waals surface area contributed by atoms with E-state index in [1.807, 2.05) is 6.08 Å². The molecule has 2 nitrogen and oxygen atoms in total. The lowest BCUT2D eigenvalue weighted by atomic mass is 10.0. The van der Waals surface area contributed by atoms with Gasteiger partial charge in [0.25, 0.3) is 0 Å². The molecule has 0 heterocycles. The van der Waals surface area contributed by atoms with Gasteiger partial charge < -0.3 is 5.11 Å². The molecule has 0 aromatic rings. The number of ketones is 1. The molecule has 0 fully saturated rings. The first-order chi connectivity index (χ1) is 6.45. The first kappa shape index (κ1) is 13.4. The average molecular weight is 198 g/mol. The van der Waals surface area contributed by atoms with Crippen LogP contribution in [0.2, 0.25) is 0 Å². The van der Waals surface area contributed by atoms with E-state index in [0.717, 1.165) is 19.3 Å². The van der Waals surface area contributed by atoms with Crippen LogP contribution in [0.15, 0.2) is 12.2 Å². The van der Waals surface area contributed by atoms with Gasteiger partial charge >= 0.3 is 0 Å². The Kier molecular flexibility index (Phi) is 6.46. The fourth-order valence-corrected chi connectivity index (χ4v) is 1.05. The molecular weight excluding hydrogens is 176 g/mol. The third kappa shape index (κ3) is 9.46. The SMILES string of the molecule is CCCC/C=C/C(=O)CCC(C)(C)O. The molecule has 14 heavy (non-hydrogen) atoms. The molecule has 0 radical (unpaired) electrons. The van der Waals surface area contributed by atoms with E-state index in [0.29, 0.717) is 12.8 Å².